The molecule has 1 aliphatic rings. The molecule has 1 fully saturated rings. The number of hydrogen-bond donors (Lipinski definition) is 2. The highest BCUT2D eigenvalue weighted by molar-refractivity contribution is 5.85. The van der Waals surface area contributed by atoms with Gasteiger partial charge in [-0.05, 0) is 19.8 Å². The lowest BCUT2D eigenvalue weighted by atomic mass is 9.92. The number of rotatable bonds is 4. The molecule has 2 amide bonds. The molecule has 1 aliphatic heterocycles. The molecule has 0 aromatic heterocycles. The maximum Gasteiger partial charge on any atom is 0.253 e. The van der Waals surface area contributed by atoms with Crippen LogP contribution in [0.5, 0.6) is 0 Å². The highest BCUT2D eigenvalue weighted by Crippen LogP contribution is 2.22. The first-order chi connectivity index (χ1) is 8.01. The van der Waals surface area contributed by atoms with Crippen LogP contribution in [0.4, 0.5) is 0 Å². The fourth-order valence-corrected chi connectivity index (χ4v) is 2.13. The predicted molar refractivity (Wildman–Crippen MR) is 70.2 cm³/mol. The van der Waals surface area contributed by atoms with Crippen molar-refractivity contribution in [2.45, 2.75) is 31.9 Å². The van der Waals surface area contributed by atoms with Gasteiger partial charge >= 0.3 is 0 Å². The number of methoxy groups -OCH3 is 1. The number of hydrogen-bond acceptors (Lipinski definition) is 4. The molecule has 0 saturated carbocycles. The number of piperidine rings is 1. The third-order valence-corrected chi connectivity index (χ3v) is 3.34. The largest absolute Gasteiger partial charge is 0.370 e. The zero-order chi connectivity index (χ0) is 13.0. The van der Waals surface area contributed by atoms with Crippen LogP contribution in [0.25, 0.3) is 0 Å². The van der Waals surface area contributed by atoms with Gasteiger partial charge in [-0.15, -0.1) is 12.4 Å². The van der Waals surface area contributed by atoms with Crippen molar-refractivity contribution in [3.8, 4) is 0 Å². The van der Waals surface area contributed by atoms with Crippen LogP contribution in [-0.2, 0) is 14.3 Å². The van der Waals surface area contributed by atoms with E-state index in [2.05, 4.69) is 0 Å². The molecule has 0 radical (unpaired) electrons. The summed E-state index contributed by atoms with van der Waals surface area (Å²) in [7, 11) is 1.45. The quantitative estimate of drug-likeness (QED) is 0.724. The van der Waals surface area contributed by atoms with Gasteiger partial charge in [0, 0.05) is 26.2 Å². The lowest BCUT2D eigenvalue weighted by Crippen LogP contribution is -2.53. The van der Waals surface area contributed by atoms with Crippen molar-refractivity contribution in [3.05, 3.63) is 0 Å². The maximum atomic E-state index is 12.1. The summed E-state index contributed by atoms with van der Waals surface area (Å²) in [6.45, 7) is 2.47. The molecule has 0 aromatic rings. The molecule has 0 aromatic carbocycles. The second-order valence-electron chi connectivity index (χ2n) is 4.48. The summed E-state index contributed by atoms with van der Waals surface area (Å²) in [6, 6.07) is 0.0994. The Morgan fingerprint density at radius 3 is 2.50 bits per heavy atom. The summed E-state index contributed by atoms with van der Waals surface area (Å²) >= 11 is 0. The Hall–Kier alpha value is -0.850. The summed E-state index contributed by atoms with van der Waals surface area (Å²) in [6.07, 6.45) is 0.880. The summed E-state index contributed by atoms with van der Waals surface area (Å²) in [5, 5.41) is 0. The minimum absolute atomic E-state index is 0. The fourth-order valence-electron chi connectivity index (χ4n) is 2.13. The van der Waals surface area contributed by atoms with E-state index >= 15 is 0 Å². The molecule has 1 saturated heterocycles. The number of likely N-dealkylation sites (tertiary alicyclic amines) is 1. The monoisotopic (exact) mass is 279 g/mol. The average Bonchev–Trinajstić information content (AvgIpc) is 2.30. The Labute approximate surface area is 113 Å². The first kappa shape index (κ1) is 17.2. The van der Waals surface area contributed by atoms with Gasteiger partial charge in [0.15, 0.2) is 0 Å². The Morgan fingerprint density at radius 1 is 1.44 bits per heavy atom. The van der Waals surface area contributed by atoms with Crippen LogP contribution in [-0.4, -0.2) is 49.1 Å². The van der Waals surface area contributed by atoms with Gasteiger partial charge in [0.1, 0.15) is 6.10 Å². The third-order valence-electron chi connectivity index (χ3n) is 3.34. The highest BCUT2D eigenvalue weighted by atomic mass is 35.5. The Bertz CT molecular complexity index is 297. The fraction of sp³-hybridized carbons (Fsp3) is 0.818. The second kappa shape index (κ2) is 7.56. The first-order valence-corrected chi connectivity index (χ1v) is 5.83. The lowest BCUT2D eigenvalue weighted by Gasteiger charge is -2.38. The molecule has 7 heteroatoms. The van der Waals surface area contributed by atoms with E-state index < -0.39 is 6.10 Å². The Kier molecular flexibility index (Phi) is 7.20. The van der Waals surface area contributed by atoms with Crippen LogP contribution in [0, 0.1) is 5.92 Å². The first-order valence-electron chi connectivity index (χ1n) is 5.83. The number of nitrogens with two attached hydrogens (primary N) is 2. The van der Waals surface area contributed by atoms with E-state index in [4.69, 9.17) is 16.2 Å². The van der Waals surface area contributed by atoms with Gasteiger partial charge in [-0.25, -0.2) is 0 Å². The van der Waals surface area contributed by atoms with Gasteiger partial charge in [-0.1, -0.05) is 0 Å². The topological polar surface area (TPSA) is 98.7 Å². The van der Waals surface area contributed by atoms with Gasteiger partial charge in [0.25, 0.3) is 5.91 Å². The highest BCUT2D eigenvalue weighted by Gasteiger charge is 2.34. The summed E-state index contributed by atoms with van der Waals surface area (Å²) in [5.41, 5.74) is 10.7. The van der Waals surface area contributed by atoms with Gasteiger partial charge < -0.3 is 21.1 Å². The molecule has 0 bridgehead atoms. The van der Waals surface area contributed by atoms with Crippen molar-refractivity contribution in [2.75, 3.05) is 20.2 Å². The molecule has 0 aliphatic carbocycles. The Balaban J connectivity index is 0.00000289. The van der Waals surface area contributed by atoms with Gasteiger partial charge in [-0.3, -0.25) is 9.59 Å². The molecule has 3 unspecified atom stereocenters. The number of primary amides is 1. The molecular weight excluding hydrogens is 258 g/mol. The zero-order valence-electron chi connectivity index (χ0n) is 10.8. The number of halogens is 1. The number of carbonyl (C=O) groups is 2. The standard InChI is InChI=1S/C11H21N3O3.ClH/c1-7-3-4-8(10(13)15)6-14(7)11(16)9(5-12)17-2;/h7-9H,3-6,12H2,1-2H3,(H2,13,15);1H. The van der Waals surface area contributed by atoms with Crippen molar-refractivity contribution in [1.29, 1.82) is 0 Å². The van der Waals surface area contributed by atoms with Crippen LogP contribution in [0.1, 0.15) is 19.8 Å². The number of amides is 2. The van der Waals surface area contributed by atoms with Gasteiger partial charge in [0.2, 0.25) is 5.91 Å². The number of carbonyl (C=O) groups excluding carboxylic acids is 2. The molecular formula is C11H22ClN3O3. The van der Waals surface area contributed by atoms with E-state index in [0.29, 0.717) is 6.54 Å². The Morgan fingerprint density at radius 2 is 2.06 bits per heavy atom. The van der Waals surface area contributed by atoms with E-state index in [0.717, 1.165) is 12.8 Å². The minimum atomic E-state index is -0.635. The van der Waals surface area contributed by atoms with Crippen LogP contribution in [0.2, 0.25) is 0 Å². The van der Waals surface area contributed by atoms with Crippen LogP contribution in [0.3, 0.4) is 0 Å². The summed E-state index contributed by atoms with van der Waals surface area (Å²) < 4.78 is 5.03. The van der Waals surface area contributed by atoms with Crippen molar-refractivity contribution in [1.82, 2.24) is 4.90 Å². The zero-order valence-corrected chi connectivity index (χ0v) is 11.6. The molecule has 1 rings (SSSR count). The normalized spacial score (nSPS) is 25.2. The van der Waals surface area contributed by atoms with E-state index in [1.807, 2.05) is 6.92 Å². The lowest BCUT2D eigenvalue weighted by molar-refractivity contribution is -0.147. The van der Waals surface area contributed by atoms with Crippen LogP contribution >= 0.6 is 12.4 Å². The second-order valence-corrected chi connectivity index (χ2v) is 4.48. The number of ether oxygens (including phenoxy) is 1. The van der Waals surface area contributed by atoms with E-state index in [9.17, 15) is 9.59 Å². The van der Waals surface area contributed by atoms with Crippen molar-refractivity contribution >= 4 is 24.2 Å². The van der Waals surface area contributed by atoms with E-state index in [1.54, 1.807) is 4.90 Å². The third kappa shape index (κ3) is 3.83. The molecule has 4 N–H and O–H groups in total. The molecule has 1 heterocycles. The van der Waals surface area contributed by atoms with Crippen LogP contribution < -0.4 is 11.5 Å². The smallest absolute Gasteiger partial charge is 0.253 e. The molecule has 3 atom stereocenters. The van der Waals surface area contributed by atoms with Crippen molar-refractivity contribution in [2.24, 2.45) is 17.4 Å². The molecule has 106 valence electrons. The number of nitrogens with zero attached hydrogens (tertiary/aromatic N) is 1. The van der Waals surface area contributed by atoms with Gasteiger partial charge in [0.05, 0.1) is 5.92 Å². The summed E-state index contributed by atoms with van der Waals surface area (Å²) in [4.78, 5) is 24.9. The maximum absolute atomic E-state index is 12.1. The molecule has 18 heavy (non-hydrogen) atoms. The minimum Gasteiger partial charge on any atom is -0.370 e. The predicted octanol–water partition coefficient (Wildman–Crippen LogP) is -0.506. The van der Waals surface area contributed by atoms with E-state index in [-0.39, 0.29) is 42.7 Å². The molecule has 0 spiro atoms. The van der Waals surface area contributed by atoms with Crippen molar-refractivity contribution < 1.29 is 14.3 Å². The van der Waals surface area contributed by atoms with Gasteiger partial charge in [-0.2, -0.15) is 0 Å². The SMILES string of the molecule is COC(CN)C(=O)N1CC(C(N)=O)CCC1C.Cl. The van der Waals surface area contributed by atoms with Crippen LogP contribution in [0.15, 0.2) is 0 Å². The average molecular weight is 280 g/mol. The van der Waals surface area contributed by atoms with Crippen molar-refractivity contribution in [3.63, 3.8) is 0 Å². The molecule has 6 nitrogen and oxygen atoms in total. The van der Waals surface area contributed by atoms with E-state index in [1.165, 1.54) is 7.11 Å². The summed E-state index contributed by atoms with van der Waals surface area (Å²) in [5.74, 6) is -0.768.